The molecule has 0 bridgehead atoms. The number of amides is 2. The molecule has 0 aromatic rings. The minimum atomic E-state index is -0.996. The van der Waals surface area contributed by atoms with Gasteiger partial charge in [0.1, 0.15) is 6.04 Å². The van der Waals surface area contributed by atoms with Crippen LogP contribution < -0.4 is 10.6 Å². The summed E-state index contributed by atoms with van der Waals surface area (Å²) in [5.41, 5.74) is 0. The van der Waals surface area contributed by atoms with Crippen molar-refractivity contribution in [3.63, 3.8) is 0 Å². The Morgan fingerprint density at radius 2 is 2.26 bits per heavy atom. The number of rotatable bonds is 6. The quantitative estimate of drug-likeness (QED) is 0.681. The molecule has 1 heterocycles. The lowest BCUT2D eigenvalue weighted by Gasteiger charge is -2.28. The smallest absolute Gasteiger partial charge is 0.326 e. The summed E-state index contributed by atoms with van der Waals surface area (Å²) >= 11 is 1.56. The molecule has 0 aromatic carbocycles. The summed E-state index contributed by atoms with van der Waals surface area (Å²) in [6, 6.07) is -1.18. The summed E-state index contributed by atoms with van der Waals surface area (Å²) in [4.78, 5) is 22.8. The van der Waals surface area contributed by atoms with Crippen LogP contribution in [0.4, 0.5) is 4.79 Å². The summed E-state index contributed by atoms with van der Waals surface area (Å²) in [6.07, 6.45) is 3.98. The van der Waals surface area contributed by atoms with Gasteiger partial charge in [0.2, 0.25) is 0 Å². The number of aliphatic carboxylic acids is 1. The van der Waals surface area contributed by atoms with Gasteiger partial charge < -0.3 is 20.5 Å². The maximum Gasteiger partial charge on any atom is 0.326 e. The number of thioether (sulfide) groups is 1. The lowest BCUT2D eigenvalue weighted by Crippen LogP contribution is -2.51. The minimum absolute atomic E-state index is 0.0544. The van der Waals surface area contributed by atoms with Gasteiger partial charge in [-0.1, -0.05) is 0 Å². The number of urea groups is 1. The van der Waals surface area contributed by atoms with Gasteiger partial charge in [0, 0.05) is 12.6 Å². The Balaban J connectivity index is 2.37. The molecule has 3 N–H and O–H groups in total. The van der Waals surface area contributed by atoms with Crippen molar-refractivity contribution in [3.8, 4) is 0 Å². The fourth-order valence-electron chi connectivity index (χ4n) is 2.01. The maximum atomic E-state index is 11.8. The summed E-state index contributed by atoms with van der Waals surface area (Å²) in [7, 11) is 0. The molecule has 0 aromatic heterocycles. The SMILES string of the molecule is CSCC[C@H](NC(=O)NC1CCOC(C)C1)C(=O)O. The summed E-state index contributed by atoms with van der Waals surface area (Å²) in [5, 5.41) is 14.3. The molecule has 7 heteroatoms. The van der Waals surface area contributed by atoms with E-state index in [1.165, 1.54) is 0 Å². The Morgan fingerprint density at radius 3 is 2.84 bits per heavy atom. The topological polar surface area (TPSA) is 87.7 Å². The van der Waals surface area contributed by atoms with Crippen LogP contribution in [0.25, 0.3) is 0 Å². The molecule has 110 valence electrons. The standard InChI is InChI=1S/C12H22N2O4S/c1-8-7-9(3-5-18-8)13-12(17)14-10(11(15)16)4-6-19-2/h8-10H,3-7H2,1-2H3,(H,15,16)(H2,13,14,17)/t8?,9?,10-/m0/s1. The zero-order valence-electron chi connectivity index (χ0n) is 11.3. The molecule has 2 amide bonds. The lowest BCUT2D eigenvalue weighted by atomic mass is 10.0. The highest BCUT2D eigenvalue weighted by Crippen LogP contribution is 2.13. The van der Waals surface area contributed by atoms with Crippen LogP contribution in [-0.4, -0.2) is 53.9 Å². The monoisotopic (exact) mass is 290 g/mol. The van der Waals surface area contributed by atoms with Gasteiger partial charge in [-0.05, 0) is 38.2 Å². The number of hydrogen-bond donors (Lipinski definition) is 3. The van der Waals surface area contributed by atoms with Crippen molar-refractivity contribution in [2.24, 2.45) is 0 Å². The van der Waals surface area contributed by atoms with Crippen LogP contribution in [0, 0.1) is 0 Å². The maximum absolute atomic E-state index is 11.8. The van der Waals surface area contributed by atoms with E-state index in [4.69, 9.17) is 9.84 Å². The third-order valence-electron chi connectivity index (χ3n) is 3.03. The van der Waals surface area contributed by atoms with Gasteiger partial charge in [0.15, 0.2) is 0 Å². The molecule has 1 aliphatic heterocycles. The number of carboxylic acids is 1. The van der Waals surface area contributed by atoms with Crippen molar-refractivity contribution in [3.05, 3.63) is 0 Å². The summed E-state index contributed by atoms with van der Waals surface area (Å²) in [6.45, 7) is 2.59. The van der Waals surface area contributed by atoms with E-state index < -0.39 is 18.0 Å². The molecule has 1 aliphatic rings. The lowest BCUT2D eigenvalue weighted by molar-refractivity contribution is -0.139. The van der Waals surface area contributed by atoms with E-state index in [-0.39, 0.29) is 12.1 Å². The highest BCUT2D eigenvalue weighted by molar-refractivity contribution is 7.98. The van der Waals surface area contributed by atoms with E-state index in [0.29, 0.717) is 18.8 Å². The van der Waals surface area contributed by atoms with Crippen LogP contribution >= 0.6 is 11.8 Å². The van der Waals surface area contributed by atoms with Crippen molar-refractivity contribution in [2.45, 2.75) is 44.4 Å². The third-order valence-corrected chi connectivity index (χ3v) is 3.68. The van der Waals surface area contributed by atoms with Crippen molar-refractivity contribution >= 4 is 23.8 Å². The predicted octanol–water partition coefficient (Wildman–Crippen LogP) is 1.06. The first-order valence-corrected chi connectivity index (χ1v) is 7.82. The van der Waals surface area contributed by atoms with Crippen molar-refractivity contribution < 1.29 is 19.4 Å². The third kappa shape index (κ3) is 6.15. The van der Waals surface area contributed by atoms with E-state index in [9.17, 15) is 9.59 Å². The molecule has 0 radical (unpaired) electrons. The number of carbonyl (C=O) groups excluding carboxylic acids is 1. The molecule has 1 fully saturated rings. The molecule has 19 heavy (non-hydrogen) atoms. The second-order valence-electron chi connectivity index (χ2n) is 4.69. The van der Waals surface area contributed by atoms with Crippen LogP contribution in [-0.2, 0) is 9.53 Å². The van der Waals surface area contributed by atoms with E-state index in [1.807, 2.05) is 13.2 Å². The van der Waals surface area contributed by atoms with Crippen molar-refractivity contribution in [1.82, 2.24) is 10.6 Å². The first-order valence-electron chi connectivity index (χ1n) is 6.43. The number of carboxylic acid groups (broad SMARTS) is 1. The molecule has 6 nitrogen and oxygen atoms in total. The number of ether oxygens (including phenoxy) is 1. The van der Waals surface area contributed by atoms with Gasteiger partial charge in [0.05, 0.1) is 6.10 Å². The zero-order valence-corrected chi connectivity index (χ0v) is 12.2. The second-order valence-corrected chi connectivity index (χ2v) is 5.68. The second kappa shape index (κ2) is 8.27. The predicted molar refractivity (Wildman–Crippen MR) is 74.5 cm³/mol. The van der Waals surface area contributed by atoms with E-state index in [1.54, 1.807) is 11.8 Å². The Hall–Kier alpha value is -0.950. The van der Waals surface area contributed by atoms with E-state index in [0.717, 1.165) is 12.8 Å². The molecule has 1 rings (SSSR count). The van der Waals surface area contributed by atoms with Crippen LogP contribution in [0.5, 0.6) is 0 Å². The highest BCUT2D eigenvalue weighted by atomic mass is 32.2. The number of hydrogen-bond acceptors (Lipinski definition) is 4. The molecule has 0 saturated carbocycles. The Bertz CT molecular complexity index is 314. The summed E-state index contributed by atoms with van der Waals surface area (Å²) < 4.78 is 5.39. The summed E-state index contributed by atoms with van der Waals surface area (Å²) in [5.74, 6) is -0.296. The van der Waals surface area contributed by atoms with Gasteiger partial charge in [-0.15, -0.1) is 0 Å². The van der Waals surface area contributed by atoms with Gasteiger partial charge in [-0.3, -0.25) is 0 Å². The fourth-order valence-corrected chi connectivity index (χ4v) is 2.48. The molecule has 1 saturated heterocycles. The Kier molecular flexibility index (Phi) is 7.01. The number of carbonyl (C=O) groups is 2. The van der Waals surface area contributed by atoms with Crippen LogP contribution in [0.15, 0.2) is 0 Å². The average Bonchev–Trinajstić information content (AvgIpc) is 2.34. The molecule has 3 atom stereocenters. The first kappa shape index (κ1) is 16.1. The van der Waals surface area contributed by atoms with Gasteiger partial charge >= 0.3 is 12.0 Å². The van der Waals surface area contributed by atoms with Crippen molar-refractivity contribution in [2.75, 3.05) is 18.6 Å². The molecular formula is C12H22N2O4S. The molecule has 0 spiro atoms. The average molecular weight is 290 g/mol. The minimum Gasteiger partial charge on any atom is -0.480 e. The molecular weight excluding hydrogens is 268 g/mol. The molecule has 2 unspecified atom stereocenters. The normalized spacial score (nSPS) is 24.5. The Morgan fingerprint density at radius 1 is 1.53 bits per heavy atom. The highest BCUT2D eigenvalue weighted by Gasteiger charge is 2.24. The van der Waals surface area contributed by atoms with Gasteiger partial charge in [-0.25, -0.2) is 9.59 Å². The van der Waals surface area contributed by atoms with Gasteiger partial charge in [0.25, 0.3) is 0 Å². The largest absolute Gasteiger partial charge is 0.480 e. The first-order chi connectivity index (χ1) is 9.02. The van der Waals surface area contributed by atoms with Gasteiger partial charge in [-0.2, -0.15) is 11.8 Å². The van der Waals surface area contributed by atoms with Crippen LogP contribution in [0.1, 0.15) is 26.2 Å². The van der Waals surface area contributed by atoms with Crippen LogP contribution in [0.3, 0.4) is 0 Å². The van der Waals surface area contributed by atoms with E-state index >= 15 is 0 Å². The Labute approximate surface area is 117 Å². The van der Waals surface area contributed by atoms with Crippen molar-refractivity contribution in [1.29, 1.82) is 0 Å². The van der Waals surface area contributed by atoms with Crippen LogP contribution in [0.2, 0.25) is 0 Å². The zero-order chi connectivity index (χ0) is 14.3. The fraction of sp³-hybridized carbons (Fsp3) is 0.833. The molecule has 0 aliphatic carbocycles. The van der Waals surface area contributed by atoms with E-state index in [2.05, 4.69) is 10.6 Å². The number of nitrogens with one attached hydrogen (secondary N) is 2.